The van der Waals surface area contributed by atoms with Crippen molar-refractivity contribution in [1.82, 2.24) is 0 Å². The van der Waals surface area contributed by atoms with Crippen molar-refractivity contribution in [2.75, 3.05) is 11.5 Å². The summed E-state index contributed by atoms with van der Waals surface area (Å²) in [6, 6.07) is 0. The summed E-state index contributed by atoms with van der Waals surface area (Å²) in [6.45, 7) is 0. The molecule has 1 heterocycles. The number of ether oxygens (including phenoxy) is 2. The number of hydrogen-bond donors (Lipinski definition) is 3. The monoisotopic (exact) mass is 300 g/mol. The standard InChI is InChI=1S/C7H13IO5/c1-12-7-6(11)5(10)4(9)3(2-8)13-7/h3-7,9-11H,2H2,1H3/t3-,4+,5+,6-,7?/m1/s1/i8-4. The van der Waals surface area contributed by atoms with Gasteiger partial charge >= 0.3 is 0 Å². The Balaban J connectivity index is 2.66. The first-order valence-electron chi connectivity index (χ1n) is 3.90. The van der Waals surface area contributed by atoms with E-state index in [4.69, 9.17) is 9.47 Å². The average molecular weight is 300 g/mol. The summed E-state index contributed by atoms with van der Waals surface area (Å²) in [7, 11) is 1.38. The molecule has 1 aliphatic rings. The van der Waals surface area contributed by atoms with Crippen LogP contribution in [0.15, 0.2) is 0 Å². The second-order valence-corrected chi connectivity index (χ2v) is 3.79. The van der Waals surface area contributed by atoms with Crippen molar-refractivity contribution in [1.29, 1.82) is 0 Å². The first-order valence-corrected chi connectivity index (χ1v) is 5.42. The van der Waals surface area contributed by atoms with Gasteiger partial charge in [0, 0.05) is 11.5 Å². The number of hydrogen-bond acceptors (Lipinski definition) is 5. The number of methoxy groups -OCH3 is 1. The summed E-state index contributed by atoms with van der Waals surface area (Å²) in [6.07, 6.45) is -4.82. The van der Waals surface area contributed by atoms with Gasteiger partial charge in [-0.05, 0) is 0 Å². The molecule has 78 valence electrons. The van der Waals surface area contributed by atoms with Gasteiger partial charge in [0.1, 0.15) is 18.3 Å². The van der Waals surface area contributed by atoms with Gasteiger partial charge in [-0.15, -0.1) is 0 Å². The third kappa shape index (κ3) is 2.31. The van der Waals surface area contributed by atoms with Gasteiger partial charge < -0.3 is 24.8 Å². The molecule has 1 unspecified atom stereocenters. The van der Waals surface area contributed by atoms with Crippen molar-refractivity contribution in [2.45, 2.75) is 30.7 Å². The van der Waals surface area contributed by atoms with E-state index in [1.54, 1.807) is 0 Å². The smallest absolute Gasteiger partial charge is 0.186 e. The van der Waals surface area contributed by atoms with Crippen LogP contribution < -0.4 is 0 Å². The lowest BCUT2D eigenvalue weighted by molar-refractivity contribution is -0.284. The minimum absolute atomic E-state index is 0.496. The Bertz CT molecular complexity index is 147. The van der Waals surface area contributed by atoms with Crippen LogP contribution in [0.3, 0.4) is 0 Å². The van der Waals surface area contributed by atoms with Crippen molar-refractivity contribution < 1.29 is 24.8 Å². The lowest BCUT2D eigenvalue weighted by atomic mass is 10.0. The number of aliphatic hydroxyl groups is 3. The number of halogens is 1. The van der Waals surface area contributed by atoms with Crippen LogP contribution in [0, 0.1) is 0 Å². The molecule has 3 N–H and O–H groups in total. The highest BCUT2D eigenvalue weighted by Gasteiger charge is 2.43. The van der Waals surface area contributed by atoms with Gasteiger partial charge in [-0.3, -0.25) is 0 Å². The van der Waals surface area contributed by atoms with Crippen LogP contribution in [0.25, 0.3) is 0 Å². The highest BCUT2D eigenvalue weighted by atomic mass is 123. The maximum Gasteiger partial charge on any atom is 0.186 e. The maximum absolute atomic E-state index is 9.43. The fraction of sp³-hybridized carbons (Fsp3) is 1.00. The lowest BCUT2D eigenvalue weighted by Gasteiger charge is -2.39. The summed E-state index contributed by atoms with van der Waals surface area (Å²) in [4.78, 5) is 0. The van der Waals surface area contributed by atoms with Crippen LogP contribution in [0.2, 0.25) is 0 Å². The van der Waals surface area contributed by atoms with E-state index in [0.717, 1.165) is 0 Å². The van der Waals surface area contributed by atoms with Crippen molar-refractivity contribution in [3.05, 3.63) is 0 Å². The predicted octanol–water partition coefficient (Wildman–Crippen LogP) is -1.12. The van der Waals surface area contributed by atoms with Crippen LogP contribution in [-0.2, 0) is 9.47 Å². The van der Waals surface area contributed by atoms with Gasteiger partial charge in [0.05, 0.1) is 6.10 Å². The zero-order chi connectivity index (χ0) is 10.0. The lowest BCUT2D eigenvalue weighted by Crippen LogP contribution is -2.58. The summed E-state index contributed by atoms with van der Waals surface area (Å²) in [5.41, 5.74) is 0. The fourth-order valence-electron chi connectivity index (χ4n) is 1.24. The van der Waals surface area contributed by atoms with Crippen molar-refractivity contribution in [3.8, 4) is 0 Å². The Morgan fingerprint density at radius 1 is 1.23 bits per heavy atom. The van der Waals surface area contributed by atoms with Gasteiger partial charge in [-0.25, -0.2) is 0 Å². The second-order valence-electron chi connectivity index (χ2n) is 2.90. The van der Waals surface area contributed by atoms with Crippen molar-refractivity contribution >= 4 is 22.6 Å². The summed E-state index contributed by atoms with van der Waals surface area (Å²) >= 11 is 2.03. The molecule has 0 aliphatic carbocycles. The van der Waals surface area contributed by atoms with Crippen LogP contribution in [0.1, 0.15) is 0 Å². The summed E-state index contributed by atoms with van der Waals surface area (Å²) in [5.74, 6) is 0. The van der Waals surface area contributed by atoms with E-state index in [9.17, 15) is 15.3 Å². The van der Waals surface area contributed by atoms with E-state index in [1.165, 1.54) is 7.11 Å². The zero-order valence-corrected chi connectivity index (χ0v) is 9.29. The van der Waals surface area contributed by atoms with Crippen LogP contribution in [0.5, 0.6) is 0 Å². The first kappa shape index (κ1) is 11.6. The molecule has 1 aliphatic heterocycles. The number of alkyl halides is 1. The molecule has 1 rings (SSSR count). The topological polar surface area (TPSA) is 79.2 Å². The van der Waals surface area contributed by atoms with Gasteiger partial charge in [0.15, 0.2) is 6.29 Å². The Kier molecular flexibility index (Phi) is 4.33. The molecule has 5 nitrogen and oxygen atoms in total. The Morgan fingerprint density at radius 2 is 1.85 bits per heavy atom. The third-order valence-electron chi connectivity index (χ3n) is 2.05. The summed E-state index contributed by atoms with van der Waals surface area (Å²) < 4.78 is 10.5. The van der Waals surface area contributed by atoms with Crippen LogP contribution in [-0.4, -0.2) is 57.6 Å². The predicted molar refractivity (Wildman–Crippen MR) is 52.6 cm³/mol. The molecule has 13 heavy (non-hydrogen) atoms. The zero-order valence-electron chi connectivity index (χ0n) is 7.13. The Morgan fingerprint density at radius 3 is 2.31 bits per heavy atom. The van der Waals surface area contributed by atoms with Gasteiger partial charge in [-0.2, -0.15) is 0 Å². The second kappa shape index (κ2) is 4.85. The van der Waals surface area contributed by atoms with Gasteiger partial charge in [0.25, 0.3) is 0 Å². The van der Waals surface area contributed by atoms with E-state index >= 15 is 0 Å². The minimum atomic E-state index is -1.21. The molecule has 5 atom stereocenters. The van der Waals surface area contributed by atoms with Gasteiger partial charge in [-0.1, -0.05) is 22.6 Å². The highest BCUT2D eigenvalue weighted by molar-refractivity contribution is 14.1. The molecule has 0 amide bonds. The quantitative estimate of drug-likeness (QED) is 0.444. The molecule has 0 spiro atoms. The Hall–Kier alpha value is 0.530. The van der Waals surface area contributed by atoms with E-state index in [0.29, 0.717) is 4.43 Å². The minimum Gasteiger partial charge on any atom is -0.388 e. The fourth-order valence-corrected chi connectivity index (χ4v) is 1.97. The molecule has 0 aromatic carbocycles. The highest BCUT2D eigenvalue weighted by Crippen LogP contribution is 2.22. The largest absolute Gasteiger partial charge is 0.388 e. The van der Waals surface area contributed by atoms with Crippen LogP contribution in [0.4, 0.5) is 0 Å². The van der Waals surface area contributed by atoms with Crippen molar-refractivity contribution in [3.63, 3.8) is 0 Å². The molecule has 6 heteroatoms. The number of rotatable bonds is 2. The van der Waals surface area contributed by atoms with Crippen molar-refractivity contribution in [2.24, 2.45) is 0 Å². The molecule has 0 aromatic rings. The molecule has 0 saturated carbocycles. The Labute approximate surface area is 89.8 Å². The molecule has 0 bridgehead atoms. The molecule has 1 fully saturated rings. The summed E-state index contributed by atoms with van der Waals surface area (Å²) in [5, 5.41) is 28.2. The SMILES string of the molecule is COC1O[C@H](C[123I])[C@H](O)[C@H](O)[C@H]1O. The van der Waals surface area contributed by atoms with E-state index in [-0.39, 0.29) is 0 Å². The van der Waals surface area contributed by atoms with Gasteiger partial charge in [0.2, 0.25) is 0 Å². The molecular weight excluding hydrogens is 287 g/mol. The maximum atomic E-state index is 9.43. The molecule has 1 saturated heterocycles. The van der Waals surface area contributed by atoms with E-state index in [1.807, 2.05) is 22.6 Å². The molecule has 0 radical (unpaired) electrons. The normalized spacial score (nSPS) is 46.4. The first-order chi connectivity index (χ1) is 6.11. The molecule has 0 aromatic heterocycles. The molecular formula is C7H13IO5. The van der Waals surface area contributed by atoms with E-state index < -0.39 is 30.7 Å². The average Bonchev–Trinajstić information content (AvgIpc) is 2.15. The van der Waals surface area contributed by atoms with E-state index in [2.05, 4.69) is 0 Å². The van der Waals surface area contributed by atoms with Crippen LogP contribution >= 0.6 is 22.6 Å². The third-order valence-corrected chi connectivity index (χ3v) is 2.92. The number of aliphatic hydroxyl groups excluding tert-OH is 3.